The van der Waals surface area contributed by atoms with Gasteiger partial charge < -0.3 is 14.7 Å². The van der Waals surface area contributed by atoms with E-state index >= 15 is 0 Å². The van der Waals surface area contributed by atoms with Gasteiger partial charge in [0, 0.05) is 18.5 Å². The molecule has 1 amide bonds. The third-order valence-electron chi connectivity index (χ3n) is 5.04. The number of nitrogens with zero attached hydrogens (tertiary/aromatic N) is 3. The van der Waals surface area contributed by atoms with Crippen molar-refractivity contribution in [3.8, 4) is 0 Å². The van der Waals surface area contributed by atoms with Gasteiger partial charge in [-0.25, -0.2) is 22.5 Å². The smallest absolute Gasteiger partial charge is 0.335 e. The molecule has 4 rings (SSSR count). The molecule has 2 heterocycles. The zero-order valence-corrected chi connectivity index (χ0v) is 19.1. The van der Waals surface area contributed by atoms with Crippen LogP contribution in [0, 0.1) is 0 Å². The SMILES string of the molecule is O=C(O)c1ccc(N(c2nc(CC(=O)N3CCOCC3)cs2)S(=O)(=O)c2ccccc2)cc1. The van der Waals surface area contributed by atoms with Crippen molar-refractivity contribution >= 4 is 44.1 Å². The average Bonchev–Trinajstić information content (AvgIpc) is 3.28. The van der Waals surface area contributed by atoms with Crippen molar-refractivity contribution in [3.63, 3.8) is 0 Å². The van der Waals surface area contributed by atoms with Crippen molar-refractivity contribution in [3.05, 3.63) is 71.2 Å². The number of benzene rings is 2. The van der Waals surface area contributed by atoms with E-state index in [9.17, 15) is 23.1 Å². The second-order valence-corrected chi connectivity index (χ2v) is 9.85. The third kappa shape index (κ3) is 5.05. The number of amides is 1. The molecule has 0 atom stereocenters. The lowest BCUT2D eigenvalue weighted by Crippen LogP contribution is -2.41. The van der Waals surface area contributed by atoms with Crippen LogP contribution >= 0.6 is 11.3 Å². The molecule has 1 N–H and O–H groups in total. The third-order valence-corrected chi connectivity index (χ3v) is 7.76. The van der Waals surface area contributed by atoms with Crippen molar-refractivity contribution < 1.29 is 27.9 Å². The average molecular weight is 488 g/mol. The van der Waals surface area contributed by atoms with Crippen LogP contribution in [-0.2, 0) is 26.0 Å². The Hall–Kier alpha value is -3.28. The van der Waals surface area contributed by atoms with Gasteiger partial charge in [0.15, 0.2) is 0 Å². The molecular formula is C22H21N3O6S2. The molecule has 0 radical (unpaired) electrons. The van der Waals surface area contributed by atoms with Crippen LogP contribution in [0.3, 0.4) is 0 Å². The first-order chi connectivity index (χ1) is 15.9. The summed E-state index contributed by atoms with van der Waals surface area (Å²) in [6.07, 6.45) is 0.0493. The Morgan fingerprint density at radius 3 is 2.36 bits per heavy atom. The van der Waals surface area contributed by atoms with Gasteiger partial charge in [-0.3, -0.25) is 4.79 Å². The molecule has 1 aliphatic heterocycles. The maximum atomic E-state index is 13.5. The summed E-state index contributed by atoms with van der Waals surface area (Å²) in [5.41, 5.74) is 0.734. The van der Waals surface area contributed by atoms with Gasteiger partial charge in [-0.15, -0.1) is 11.3 Å². The fourth-order valence-corrected chi connectivity index (χ4v) is 5.87. The molecule has 1 aliphatic rings. The van der Waals surface area contributed by atoms with Crippen LogP contribution in [0.1, 0.15) is 16.1 Å². The number of carboxylic acid groups (broad SMARTS) is 1. The molecule has 3 aromatic rings. The monoisotopic (exact) mass is 487 g/mol. The number of carbonyl (C=O) groups excluding carboxylic acids is 1. The number of ether oxygens (including phenoxy) is 1. The number of sulfonamides is 1. The second kappa shape index (κ2) is 9.69. The van der Waals surface area contributed by atoms with E-state index in [1.807, 2.05) is 0 Å². The van der Waals surface area contributed by atoms with Gasteiger partial charge >= 0.3 is 5.97 Å². The number of aromatic carboxylic acids is 1. The largest absolute Gasteiger partial charge is 0.478 e. The highest BCUT2D eigenvalue weighted by Crippen LogP contribution is 2.35. The minimum atomic E-state index is -4.05. The molecule has 1 fully saturated rings. The van der Waals surface area contributed by atoms with E-state index in [2.05, 4.69) is 4.98 Å². The molecule has 172 valence electrons. The molecule has 0 bridgehead atoms. The highest BCUT2D eigenvalue weighted by molar-refractivity contribution is 7.93. The number of carboxylic acids is 1. The van der Waals surface area contributed by atoms with Crippen LogP contribution in [0.15, 0.2) is 64.9 Å². The molecule has 1 aromatic heterocycles. The number of aromatic nitrogens is 1. The molecule has 11 heteroatoms. The molecule has 0 aliphatic carbocycles. The number of carbonyl (C=O) groups is 2. The molecule has 33 heavy (non-hydrogen) atoms. The van der Waals surface area contributed by atoms with E-state index in [1.165, 1.54) is 36.4 Å². The summed E-state index contributed by atoms with van der Waals surface area (Å²) < 4.78 is 33.4. The van der Waals surface area contributed by atoms with E-state index in [-0.39, 0.29) is 33.6 Å². The number of morpholine rings is 1. The Kier molecular flexibility index (Phi) is 6.72. The maximum Gasteiger partial charge on any atom is 0.335 e. The van der Waals surface area contributed by atoms with E-state index in [1.54, 1.807) is 28.5 Å². The quantitative estimate of drug-likeness (QED) is 0.545. The summed E-state index contributed by atoms with van der Waals surface area (Å²) in [6.45, 7) is 2.01. The van der Waals surface area contributed by atoms with Gasteiger partial charge in [-0.1, -0.05) is 18.2 Å². The number of thiazole rings is 1. The van der Waals surface area contributed by atoms with Gasteiger partial charge in [0.1, 0.15) is 0 Å². The summed E-state index contributed by atoms with van der Waals surface area (Å²) in [5.74, 6) is -1.21. The van der Waals surface area contributed by atoms with Gasteiger partial charge in [-0.05, 0) is 36.4 Å². The summed E-state index contributed by atoms with van der Waals surface area (Å²) in [4.78, 5) is 30.0. The Balaban J connectivity index is 1.68. The molecular weight excluding hydrogens is 466 g/mol. The maximum absolute atomic E-state index is 13.5. The first-order valence-corrected chi connectivity index (χ1v) is 12.4. The van der Waals surface area contributed by atoms with Gasteiger partial charge in [0.2, 0.25) is 11.0 Å². The lowest BCUT2D eigenvalue weighted by Gasteiger charge is -2.26. The standard InChI is InChI=1S/C22H21N3O6S2/c26-20(24-10-12-31-13-11-24)14-17-15-32-22(23-17)25(18-8-6-16(7-9-18)21(27)28)33(29,30)19-4-2-1-3-5-19/h1-9,15H,10-14H2,(H,27,28). The predicted octanol–water partition coefficient (Wildman–Crippen LogP) is 2.77. The summed E-state index contributed by atoms with van der Waals surface area (Å²) >= 11 is 1.10. The summed E-state index contributed by atoms with van der Waals surface area (Å²) in [5, 5.41) is 11.0. The van der Waals surface area contributed by atoms with Gasteiger partial charge in [0.25, 0.3) is 10.0 Å². The number of hydrogen-bond acceptors (Lipinski definition) is 7. The highest BCUT2D eigenvalue weighted by Gasteiger charge is 2.30. The molecule has 2 aromatic carbocycles. The van der Waals surface area contributed by atoms with Crippen LogP contribution in [0.2, 0.25) is 0 Å². The zero-order chi connectivity index (χ0) is 23.4. The number of hydrogen-bond donors (Lipinski definition) is 1. The molecule has 1 saturated heterocycles. The lowest BCUT2D eigenvalue weighted by atomic mass is 10.2. The predicted molar refractivity (Wildman–Crippen MR) is 122 cm³/mol. The van der Waals surface area contributed by atoms with Crippen molar-refractivity contribution in [1.29, 1.82) is 0 Å². The van der Waals surface area contributed by atoms with Crippen LogP contribution in [0.5, 0.6) is 0 Å². The first kappa shape index (κ1) is 22.9. The second-order valence-electron chi connectivity index (χ2n) is 7.23. The summed E-state index contributed by atoms with van der Waals surface area (Å²) in [7, 11) is -4.05. The van der Waals surface area contributed by atoms with E-state index in [0.717, 1.165) is 15.6 Å². The zero-order valence-electron chi connectivity index (χ0n) is 17.5. The Morgan fingerprint density at radius 2 is 1.73 bits per heavy atom. The molecule has 0 saturated carbocycles. The Bertz CT molecular complexity index is 1240. The van der Waals surface area contributed by atoms with E-state index < -0.39 is 16.0 Å². The fourth-order valence-electron chi connectivity index (χ4n) is 3.34. The Labute approximate surface area is 194 Å². The molecule has 0 unspecified atom stereocenters. The fraction of sp³-hybridized carbons (Fsp3) is 0.227. The minimum Gasteiger partial charge on any atom is -0.478 e. The number of rotatable bonds is 7. The summed E-state index contributed by atoms with van der Waals surface area (Å²) in [6, 6.07) is 13.4. The van der Waals surface area contributed by atoms with Gasteiger partial charge in [-0.2, -0.15) is 0 Å². The molecule has 0 spiro atoms. The lowest BCUT2D eigenvalue weighted by molar-refractivity contribution is -0.134. The van der Waals surface area contributed by atoms with Crippen molar-refractivity contribution in [2.24, 2.45) is 0 Å². The Morgan fingerprint density at radius 1 is 1.06 bits per heavy atom. The van der Waals surface area contributed by atoms with Crippen molar-refractivity contribution in [2.75, 3.05) is 30.6 Å². The van der Waals surface area contributed by atoms with Gasteiger partial charge in [0.05, 0.1) is 41.5 Å². The normalized spacial score (nSPS) is 14.1. The van der Waals surface area contributed by atoms with Crippen LogP contribution < -0.4 is 4.31 Å². The highest BCUT2D eigenvalue weighted by atomic mass is 32.2. The first-order valence-electron chi connectivity index (χ1n) is 10.1. The van der Waals surface area contributed by atoms with Crippen LogP contribution in [0.4, 0.5) is 10.8 Å². The van der Waals surface area contributed by atoms with Crippen LogP contribution in [0.25, 0.3) is 0 Å². The molecule has 9 nitrogen and oxygen atoms in total. The van der Waals surface area contributed by atoms with Crippen molar-refractivity contribution in [1.82, 2.24) is 9.88 Å². The minimum absolute atomic E-state index is 0.0340. The van der Waals surface area contributed by atoms with Crippen molar-refractivity contribution in [2.45, 2.75) is 11.3 Å². The number of anilines is 2. The van der Waals surface area contributed by atoms with Crippen LogP contribution in [-0.4, -0.2) is 61.6 Å². The van der Waals surface area contributed by atoms with E-state index in [4.69, 9.17) is 4.74 Å². The topological polar surface area (TPSA) is 117 Å². The van der Waals surface area contributed by atoms with E-state index in [0.29, 0.717) is 32.0 Å².